The summed E-state index contributed by atoms with van der Waals surface area (Å²) < 4.78 is 0. The summed E-state index contributed by atoms with van der Waals surface area (Å²) in [7, 11) is 0. The maximum Gasteiger partial charge on any atom is 0.138 e. The molecule has 0 aliphatic rings. The zero-order chi connectivity index (χ0) is 15.0. The van der Waals surface area contributed by atoms with Gasteiger partial charge in [0.2, 0.25) is 0 Å². The van der Waals surface area contributed by atoms with Gasteiger partial charge in [0.25, 0.3) is 0 Å². The number of hydrogen-bond donors (Lipinski definition) is 1. The third-order valence-corrected chi connectivity index (χ3v) is 6.20. The van der Waals surface area contributed by atoms with Crippen molar-refractivity contribution in [2.45, 2.75) is 33.1 Å². The Balaban J connectivity index is 1.89. The molecule has 0 aliphatic heterocycles. The SMILES string of the molecule is Cc1sc2ncnc(NCC(C)(C)c3cccs3)c2c1C. The first kappa shape index (κ1) is 14.5. The lowest BCUT2D eigenvalue weighted by Crippen LogP contribution is -2.27. The van der Waals surface area contributed by atoms with E-state index < -0.39 is 0 Å². The third kappa shape index (κ3) is 2.68. The largest absolute Gasteiger partial charge is 0.369 e. The fraction of sp³-hybridized carbons (Fsp3) is 0.375. The third-order valence-electron chi connectivity index (χ3n) is 3.85. The Hall–Kier alpha value is -1.46. The van der Waals surface area contributed by atoms with Crippen LogP contribution in [0, 0.1) is 13.8 Å². The van der Waals surface area contributed by atoms with Gasteiger partial charge in [0.05, 0.1) is 5.39 Å². The first-order valence-electron chi connectivity index (χ1n) is 6.97. The fourth-order valence-electron chi connectivity index (χ4n) is 2.37. The summed E-state index contributed by atoms with van der Waals surface area (Å²) in [5, 5.41) is 6.83. The fourth-order valence-corrected chi connectivity index (χ4v) is 4.22. The van der Waals surface area contributed by atoms with Crippen LogP contribution in [0.25, 0.3) is 10.2 Å². The van der Waals surface area contributed by atoms with Crippen LogP contribution in [0.15, 0.2) is 23.8 Å². The average molecular weight is 317 g/mol. The highest BCUT2D eigenvalue weighted by Crippen LogP contribution is 2.33. The molecule has 0 aromatic carbocycles. The van der Waals surface area contributed by atoms with Crippen LogP contribution < -0.4 is 5.32 Å². The summed E-state index contributed by atoms with van der Waals surface area (Å²) in [6, 6.07) is 4.30. The molecule has 3 nitrogen and oxygen atoms in total. The second-order valence-corrected chi connectivity index (χ2v) is 8.05. The molecule has 0 atom stereocenters. The molecule has 0 fully saturated rings. The summed E-state index contributed by atoms with van der Waals surface area (Å²) in [4.78, 5) is 12.6. The summed E-state index contributed by atoms with van der Waals surface area (Å²) in [6.45, 7) is 9.66. The molecule has 0 saturated carbocycles. The van der Waals surface area contributed by atoms with E-state index in [0.717, 1.165) is 17.2 Å². The van der Waals surface area contributed by atoms with Gasteiger partial charge in [-0.05, 0) is 30.9 Å². The van der Waals surface area contributed by atoms with Crippen molar-refractivity contribution in [3.63, 3.8) is 0 Å². The lowest BCUT2D eigenvalue weighted by molar-refractivity contribution is 0.568. The van der Waals surface area contributed by atoms with Gasteiger partial charge in [-0.15, -0.1) is 22.7 Å². The van der Waals surface area contributed by atoms with E-state index in [-0.39, 0.29) is 5.41 Å². The number of rotatable bonds is 4. The molecular formula is C16H19N3S2. The molecule has 0 aliphatic carbocycles. The lowest BCUT2D eigenvalue weighted by atomic mass is 9.91. The first-order chi connectivity index (χ1) is 9.99. The summed E-state index contributed by atoms with van der Waals surface area (Å²) in [5.74, 6) is 0.950. The average Bonchev–Trinajstić information content (AvgIpc) is 3.07. The van der Waals surface area contributed by atoms with Crippen molar-refractivity contribution < 1.29 is 0 Å². The van der Waals surface area contributed by atoms with Crippen LogP contribution in [0.5, 0.6) is 0 Å². The van der Waals surface area contributed by atoms with Gasteiger partial charge in [-0.25, -0.2) is 9.97 Å². The second kappa shape index (κ2) is 5.39. The maximum atomic E-state index is 4.45. The minimum Gasteiger partial charge on any atom is -0.369 e. The van der Waals surface area contributed by atoms with Crippen LogP contribution in [-0.2, 0) is 5.41 Å². The summed E-state index contributed by atoms with van der Waals surface area (Å²) in [6.07, 6.45) is 1.65. The van der Waals surface area contributed by atoms with Crippen molar-refractivity contribution in [2.24, 2.45) is 0 Å². The van der Waals surface area contributed by atoms with Crippen molar-refractivity contribution in [1.29, 1.82) is 0 Å². The first-order valence-corrected chi connectivity index (χ1v) is 8.67. The zero-order valence-corrected chi connectivity index (χ0v) is 14.4. The molecule has 3 aromatic heterocycles. The van der Waals surface area contributed by atoms with Gasteiger partial charge >= 0.3 is 0 Å². The predicted octanol–water partition coefficient (Wildman–Crippen LogP) is 4.76. The number of anilines is 1. The van der Waals surface area contributed by atoms with Crippen molar-refractivity contribution >= 4 is 38.7 Å². The van der Waals surface area contributed by atoms with Gasteiger partial charge in [0, 0.05) is 21.7 Å². The van der Waals surface area contributed by atoms with Crippen LogP contribution in [0.3, 0.4) is 0 Å². The Bertz CT molecular complexity index is 757. The van der Waals surface area contributed by atoms with Gasteiger partial charge in [-0.1, -0.05) is 19.9 Å². The van der Waals surface area contributed by atoms with E-state index in [1.54, 1.807) is 29.0 Å². The van der Waals surface area contributed by atoms with Crippen molar-refractivity contribution in [3.05, 3.63) is 39.2 Å². The van der Waals surface area contributed by atoms with E-state index in [4.69, 9.17) is 0 Å². The van der Waals surface area contributed by atoms with E-state index in [9.17, 15) is 0 Å². The van der Waals surface area contributed by atoms with E-state index in [1.807, 2.05) is 0 Å². The Morgan fingerprint density at radius 3 is 2.76 bits per heavy atom. The van der Waals surface area contributed by atoms with Gasteiger partial charge in [-0.2, -0.15) is 0 Å². The van der Waals surface area contributed by atoms with Gasteiger partial charge in [0.1, 0.15) is 17.0 Å². The molecular weight excluding hydrogens is 298 g/mol. The molecule has 0 spiro atoms. The predicted molar refractivity (Wildman–Crippen MR) is 92.7 cm³/mol. The van der Waals surface area contributed by atoms with Crippen LogP contribution in [-0.4, -0.2) is 16.5 Å². The molecule has 21 heavy (non-hydrogen) atoms. The van der Waals surface area contributed by atoms with Gasteiger partial charge in [0.15, 0.2) is 0 Å². The van der Waals surface area contributed by atoms with Crippen LogP contribution >= 0.6 is 22.7 Å². The Morgan fingerprint density at radius 2 is 2.05 bits per heavy atom. The standard InChI is InChI=1S/C16H19N3S2/c1-10-11(2)21-15-13(10)14(18-9-19-15)17-8-16(3,4)12-6-5-7-20-12/h5-7,9H,8H2,1-4H3,(H,17,18,19). The van der Waals surface area contributed by atoms with Crippen molar-refractivity contribution in [2.75, 3.05) is 11.9 Å². The summed E-state index contributed by atoms with van der Waals surface area (Å²) >= 11 is 3.54. The number of nitrogens with zero attached hydrogens (tertiary/aromatic N) is 2. The quantitative estimate of drug-likeness (QED) is 0.754. The van der Waals surface area contributed by atoms with E-state index in [2.05, 4.69) is 60.5 Å². The van der Waals surface area contributed by atoms with Crippen LogP contribution in [0.2, 0.25) is 0 Å². The normalized spacial score (nSPS) is 12.0. The number of nitrogens with one attached hydrogen (secondary N) is 1. The molecule has 0 saturated heterocycles. The Morgan fingerprint density at radius 1 is 1.24 bits per heavy atom. The maximum absolute atomic E-state index is 4.45. The molecule has 0 amide bonds. The molecule has 0 unspecified atom stereocenters. The molecule has 3 heterocycles. The van der Waals surface area contributed by atoms with Crippen LogP contribution in [0.4, 0.5) is 5.82 Å². The van der Waals surface area contributed by atoms with E-state index in [0.29, 0.717) is 0 Å². The molecule has 5 heteroatoms. The second-order valence-electron chi connectivity index (χ2n) is 5.90. The van der Waals surface area contributed by atoms with E-state index >= 15 is 0 Å². The highest BCUT2D eigenvalue weighted by atomic mass is 32.1. The topological polar surface area (TPSA) is 37.8 Å². The van der Waals surface area contributed by atoms with E-state index in [1.165, 1.54) is 20.7 Å². The van der Waals surface area contributed by atoms with Crippen molar-refractivity contribution in [1.82, 2.24) is 9.97 Å². The Labute approximate surface area is 133 Å². The molecule has 3 aromatic rings. The lowest BCUT2D eigenvalue weighted by Gasteiger charge is -2.24. The highest BCUT2D eigenvalue weighted by molar-refractivity contribution is 7.18. The number of fused-ring (bicyclic) bond motifs is 1. The number of aryl methyl sites for hydroxylation is 2. The summed E-state index contributed by atoms with van der Waals surface area (Å²) in [5.41, 5.74) is 1.37. The number of aromatic nitrogens is 2. The minimum absolute atomic E-state index is 0.0877. The number of hydrogen-bond acceptors (Lipinski definition) is 5. The molecule has 1 N–H and O–H groups in total. The minimum atomic E-state index is 0.0877. The van der Waals surface area contributed by atoms with Gasteiger partial charge in [-0.3, -0.25) is 0 Å². The zero-order valence-electron chi connectivity index (χ0n) is 12.7. The van der Waals surface area contributed by atoms with Gasteiger partial charge < -0.3 is 5.32 Å². The van der Waals surface area contributed by atoms with Crippen LogP contribution in [0.1, 0.15) is 29.2 Å². The molecule has 110 valence electrons. The van der Waals surface area contributed by atoms with Crippen molar-refractivity contribution in [3.8, 4) is 0 Å². The smallest absolute Gasteiger partial charge is 0.138 e. The Kier molecular flexibility index (Phi) is 3.71. The molecule has 0 radical (unpaired) electrons. The monoisotopic (exact) mass is 317 g/mol. The number of thiophene rings is 2. The molecule has 3 rings (SSSR count). The molecule has 0 bridgehead atoms. The highest BCUT2D eigenvalue weighted by Gasteiger charge is 2.22.